The Balaban J connectivity index is 1.31. The number of piperazine rings is 1. The fourth-order valence-electron chi connectivity index (χ4n) is 4.41. The van der Waals surface area contributed by atoms with E-state index in [1.54, 1.807) is 10.9 Å². The van der Waals surface area contributed by atoms with Gasteiger partial charge in [-0.3, -0.25) is 14.2 Å². The summed E-state index contributed by atoms with van der Waals surface area (Å²) < 4.78 is 1.54. The van der Waals surface area contributed by atoms with E-state index in [1.807, 2.05) is 60.8 Å². The number of hydrogen-bond acceptors (Lipinski definition) is 6. The lowest BCUT2D eigenvalue weighted by Gasteiger charge is -2.35. The highest BCUT2D eigenvalue weighted by Crippen LogP contribution is 2.31. The lowest BCUT2D eigenvalue weighted by Crippen LogP contribution is -2.44. The van der Waals surface area contributed by atoms with Gasteiger partial charge in [0.2, 0.25) is 5.91 Å². The van der Waals surface area contributed by atoms with Crippen molar-refractivity contribution in [3.8, 4) is 11.1 Å². The molecule has 1 amide bonds. The SMILES string of the molecule is Cc1ccc(-c2csc3ncn(CCC(=O)Nc4ccccc4N4CCN(C)CC4)c(=O)c23)cc1. The van der Waals surface area contributed by atoms with Crippen LogP contribution in [-0.4, -0.2) is 53.6 Å². The van der Waals surface area contributed by atoms with E-state index in [4.69, 9.17) is 0 Å². The van der Waals surface area contributed by atoms with Gasteiger partial charge in [-0.15, -0.1) is 11.3 Å². The molecular formula is C27H29N5O2S. The summed E-state index contributed by atoms with van der Waals surface area (Å²) in [4.78, 5) is 36.0. The van der Waals surface area contributed by atoms with Gasteiger partial charge in [0.1, 0.15) is 4.83 Å². The molecule has 2 aromatic carbocycles. The Morgan fingerprint density at radius 2 is 1.80 bits per heavy atom. The largest absolute Gasteiger partial charge is 0.367 e. The van der Waals surface area contributed by atoms with Crippen molar-refractivity contribution in [1.29, 1.82) is 0 Å². The summed E-state index contributed by atoms with van der Waals surface area (Å²) in [7, 11) is 2.12. The van der Waals surface area contributed by atoms with E-state index < -0.39 is 0 Å². The number of aryl methyl sites for hydroxylation is 2. The maximum atomic E-state index is 13.3. The van der Waals surface area contributed by atoms with Crippen molar-refractivity contribution in [2.45, 2.75) is 19.9 Å². The molecule has 8 heteroatoms. The average Bonchev–Trinajstić information content (AvgIpc) is 3.30. The van der Waals surface area contributed by atoms with Crippen molar-refractivity contribution < 1.29 is 4.79 Å². The number of amides is 1. The minimum atomic E-state index is -0.123. The number of carbonyl (C=O) groups excluding carboxylic acids is 1. The normalized spacial score (nSPS) is 14.4. The second-order valence-corrected chi connectivity index (χ2v) is 9.90. The Kier molecular flexibility index (Phi) is 6.66. The van der Waals surface area contributed by atoms with Crippen molar-refractivity contribution in [2.24, 2.45) is 0 Å². The van der Waals surface area contributed by atoms with E-state index in [0.717, 1.165) is 48.7 Å². The van der Waals surface area contributed by atoms with Crippen LogP contribution in [0.25, 0.3) is 21.3 Å². The number of nitrogens with one attached hydrogen (secondary N) is 1. The van der Waals surface area contributed by atoms with E-state index in [2.05, 4.69) is 27.1 Å². The Hall–Kier alpha value is -3.49. The van der Waals surface area contributed by atoms with Crippen LogP contribution in [-0.2, 0) is 11.3 Å². The summed E-state index contributed by atoms with van der Waals surface area (Å²) in [6, 6.07) is 16.0. The van der Waals surface area contributed by atoms with Gasteiger partial charge in [-0.1, -0.05) is 42.0 Å². The van der Waals surface area contributed by atoms with Gasteiger partial charge >= 0.3 is 0 Å². The number of benzene rings is 2. The molecule has 0 saturated carbocycles. The van der Waals surface area contributed by atoms with Crippen LogP contribution < -0.4 is 15.8 Å². The summed E-state index contributed by atoms with van der Waals surface area (Å²) in [5.74, 6) is -0.123. The van der Waals surface area contributed by atoms with Crippen molar-refractivity contribution in [3.63, 3.8) is 0 Å². The summed E-state index contributed by atoms with van der Waals surface area (Å²) >= 11 is 1.47. The van der Waals surface area contributed by atoms with Crippen LogP contribution in [0.4, 0.5) is 11.4 Å². The molecule has 35 heavy (non-hydrogen) atoms. The van der Waals surface area contributed by atoms with E-state index in [9.17, 15) is 9.59 Å². The van der Waals surface area contributed by atoms with Crippen LogP contribution in [0.3, 0.4) is 0 Å². The molecule has 1 N–H and O–H groups in total. The molecule has 2 aromatic heterocycles. The number of likely N-dealkylation sites (N-methyl/N-ethyl adjacent to an activating group) is 1. The fraction of sp³-hybridized carbons (Fsp3) is 0.296. The maximum absolute atomic E-state index is 13.3. The highest BCUT2D eigenvalue weighted by Gasteiger charge is 2.18. The molecular weight excluding hydrogens is 458 g/mol. The fourth-order valence-corrected chi connectivity index (χ4v) is 5.32. The molecule has 0 aliphatic carbocycles. The predicted octanol–water partition coefficient (Wildman–Crippen LogP) is 4.21. The smallest absolute Gasteiger partial charge is 0.262 e. The Labute approximate surface area is 208 Å². The van der Waals surface area contributed by atoms with Gasteiger partial charge in [0.25, 0.3) is 5.56 Å². The van der Waals surface area contributed by atoms with E-state index in [0.29, 0.717) is 10.2 Å². The summed E-state index contributed by atoms with van der Waals surface area (Å²) in [6.07, 6.45) is 1.74. The predicted molar refractivity (Wildman–Crippen MR) is 143 cm³/mol. The molecule has 0 spiro atoms. The monoisotopic (exact) mass is 487 g/mol. The number of nitrogens with zero attached hydrogens (tertiary/aromatic N) is 4. The number of para-hydroxylation sites is 2. The van der Waals surface area contributed by atoms with E-state index in [-0.39, 0.29) is 24.4 Å². The van der Waals surface area contributed by atoms with Crippen molar-refractivity contribution >= 4 is 38.8 Å². The van der Waals surface area contributed by atoms with Crippen LogP contribution in [0.2, 0.25) is 0 Å². The summed E-state index contributed by atoms with van der Waals surface area (Å²) in [6.45, 7) is 6.15. The standard InChI is InChI=1S/C27H29N5O2S/c1-19-7-9-20(10-8-19)21-17-35-26-25(21)27(34)32(18-28-26)12-11-24(33)29-22-5-3-4-6-23(22)31-15-13-30(2)14-16-31/h3-10,17-18H,11-16H2,1-2H3,(H,29,33). The van der Waals surface area contributed by atoms with Crippen molar-refractivity contribution in [2.75, 3.05) is 43.4 Å². The number of rotatable bonds is 6. The van der Waals surface area contributed by atoms with Gasteiger partial charge in [-0.2, -0.15) is 0 Å². The first kappa shape index (κ1) is 23.3. The third-order valence-electron chi connectivity index (χ3n) is 6.53. The minimum absolute atomic E-state index is 0.113. The van der Waals surface area contributed by atoms with Crippen LogP contribution in [0.15, 0.2) is 65.0 Å². The van der Waals surface area contributed by atoms with Crippen LogP contribution in [0.5, 0.6) is 0 Å². The number of thiophene rings is 1. The summed E-state index contributed by atoms with van der Waals surface area (Å²) in [5.41, 5.74) is 4.79. The molecule has 4 aromatic rings. The number of fused-ring (bicyclic) bond motifs is 1. The molecule has 0 radical (unpaired) electrons. The zero-order valence-corrected chi connectivity index (χ0v) is 20.8. The zero-order valence-electron chi connectivity index (χ0n) is 20.0. The highest BCUT2D eigenvalue weighted by atomic mass is 32.1. The third kappa shape index (κ3) is 4.99. The lowest BCUT2D eigenvalue weighted by atomic mass is 10.1. The van der Waals surface area contributed by atoms with Crippen LogP contribution in [0.1, 0.15) is 12.0 Å². The lowest BCUT2D eigenvalue weighted by molar-refractivity contribution is -0.116. The first-order valence-corrected chi connectivity index (χ1v) is 12.7. The average molecular weight is 488 g/mol. The van der Waals surface area contributed by atoms with Crippen LogP contribution in [0, 0.1) is 6.92 Å². The second kappa shape index (κ2) is 10.0. The van der Waals surface area contributed by atoms with Gasteiger partial charge in [0, 0.05) is 50.1 Å². The Morgan fingerprint density at radius 1 is 1.06 bits per heavy atom. The number of aromatic nitrogens is 2. The van der Waals surface area contributed by atoms with Gasteiger partial charge in [-0.05, 0) is 31.7 Å². The van der Waals surface area contributed by atoms with Gasteiger partial charge in [0.15, 0.2) is 0 Å². The molecule has 1 aliphatic heterocycles. The van der Waals surface area contributed by atoms with Gasteiger partial charge < -0.3 is 15.1 Å². The van der Waals surface area contributed by atoms with Crippen LogP contribution >= 0.6 is 11.3 Å². The molecule has 7 nitrogen and oxygen atoms in total. The molecule has 0 unspecified atom stereocenters. The highest BCUT2D eigenvalue weighted by molar-refractivity contribution is 7.17. The molecule has 1 saturated heterocycles. The molecule has 0 atom stereocenters. The molecule has 1 aliphatic rings. The first-order chi connectivity index (χ1) is 17.0. The first-order valence-electron chi connectivity index (χ1n) is 11.9. The molecule has 180 valence electrons. The molecule has 5 rings (SSSR count). The Morgan fingerprint density at radius 3 is 2.57 bits per heavy atom. The van der Waals surface area contributed by atoms with E-state index >= 15 is 0 Å². The minimum Gasteiger partial charge on any atom is -0.367 e. The number of hydrogen-bond donors (Lipinski definition) is 1. The number of anilines is 2. The maximum Gasteiger partial charge on any atom is 0.262 e. The second-order valence-electron chi connectivity index (χ2n) is 9.04. The third-order valence-corrected chi connectivity index (χ3v) is 7.41. The quantitative estimate of drug-likeness (QED) is 0.441. The topological polar surface area (TPSA) is 70.5 Å². The zero-order chi connectivity index (χ0) is 24.4. The van der Waals surface area contributed by atoms with Gasteiger partial charge in [-0.25, -0.2) is 4.98 Å². The van der Waals surface area contributed by atoms with Crippen molar-refractivity contribution in [3.05, 3.63) is 76.2 Å². The molecule has 1 fully saturated rings. The molecule has 3 heterocycles. The summed E-state index contributed by atoms with van der Waals surface area (Å²) in [5, 5.41) is 5.65. The van der Waals surface area contributed by atoms with Crippen molar-refractivity contribution in [1.82, 2.24) is 14.5 Å². The number of carbonyl (C=O) groups is 1. The molecule has 0 bridgehead atoms. The van der Waals surface area contributed by atoms with E-state index in [1.165, 1.54) is 16.9 Å². The Bertz CT molecular complexity index is 1400. The van der Waals surface area contributed by atoms with Gasteiger partial charge in [0.05, 0.1) is 23.1 Å².